The van der Waals surface area contributed by atoms with Crippen LogP contribution < -0.4 is 9.46 Å². The molecule has 0 aliphatic heterocycles. The Morgan fingerprint density at radius 2 is 1.82 bits per heavy atom. The third kappa shape index (κ3) is 5.69. The summed E-state index contributed by atoms with van der Waals surface area (Å²) in [4.78, 5) is 22.7. The van der Waals surface area contributed by atoms with Crippen LogP contribution in [0.4, 0.5) is 11.4 Å². The molecule has 3 aromatic carbocycles. The van der Waals surface area contributed by atoms with Gasteiger partial charge in [0.1, 0.15) is 5.75 Å². The third-order valence-electron chi connectivity index (χ3n) is 4.26. The van der Waals surface area contributed by atoms with E-state index in [0.717, 1.165) is 17.8 Å². The fourth-order valence-electron chi connectivity index (χ4n) is 2.69. The van der Waals surface area contributed by atoms with Crippen molar-refractivity contribution in [2.45, 2.75) is 14.7 Å². The molecule has 172 valence electrons. The van der Waals surface area contributed by atoms with Crippen LogP contribution in [0.3, 0.4) is 0 Å². The minimum atomic E-state index is -4.37. The monoisotopic (exact) mass is 528 g/mol. The lowest BCUT2D eigenvalue weighted by Gasteiger charge is -2.13. The van der Waals surface area contributed by atoms with E-state index in [1.165, 1.54) is 49.6 Å². The zero-order valence-electron chi connectivity index (χ0n) is 16.6. The summed E-state index contributed by atoms with van der Waals surface area (Å²) in [5, 5.41) is 21.6. The van der Waals surface area contributed by atoms with E-state index in [1.807, 2.05) is 0 Å². The largest absolute Gasteiger partial charge is 0.497 e. The van der Waals surface area contributed by atoms with Gasteiger partial charge in [-0.3, -0.25) is 14.8 Å². The zero-order chi connectivity index (χ0) is 24.3. The number of rotatable bonds is 8. The van der Waals surface area contributed by atoms with Gasteiger partial charge in [-0.25, -0.2) is 13.2 Å². The van der Waals surface area contributed by atoms with Gasteiger partial charge in [0.2, 0.25) is 0 Å². The fourth-order valence-corrected chi connectivity index (χ4v) is 5.08. The first kappa shape index (κ1) is 24.6. The van der Waals surface area contributed by atoms with Gasteiger partial charge in [-0.2, -0.15) is 0 Å². The molecule has 0 unspecified atom stereocenters. The fraction of sp³-hybridized carbons (Fsp3) is 0.0500. The Morgan fingerprint density at radius 3 is 2.42 bits per heavy atom. The number of carboxylic acids is 1. The molecule has 9 nitrogen and oxygen atoms in total. The first-order valence-corrected chi connectivity index (χ1v) is 11.9. The van der Waals surface area contributed by atoms with E-state index in [1.54, 1.807) is 6.07 Å². The number of hydrogen-bond donors (Lipinski definition) is 2. The number of aromatic carboxylic acids is 1. The maximum Gasteiger partial charge on any atom is 0.337 e. The second-order valence-electron chi connectivity index (χ2n) is 6.39. The van der Waals surface area contributed by atoms with E-state index in [0.29, 0.717) is 9.92 Å². The minimum Gasteiger partial charge on any atom is -0.497 e. The van der Waals surface area contributed by atoms with Crippen molar-refractivity contribution in [3.63, 3.8) is 0 Å². The highest BCUT2D eigenvalue weighted by Crippen LogP contribution is 2.38. The highest BCUT2D eigenvalue weighted by atomic mass is 35.5. The van der Waals surface area contributed by atoms with E-state index in [2.05, 4.69) is 4.72 Å². The molecular formula is C20H14Cl2N2O7S2. The Kier molecular flexibility index (Phi) is 7.38. The number of hydrogen-bond acceptors (Lipinski definition) is 7. The summed E-state index contributed by atoms with van der Waals surface area (Å²) < 4.78 is 33.0. The molecule has 0 bridgehead atoms. The van der Waals surface area contributed by atoms with Crippen molar-refractivity contribution in [2.75, 3.05) is 11.8 Å². The van der Waals surface area contributed by atoms with E-state index < -0.39 is 31.5 Å². The minimum absolute atomic E-state index is 0.171. The number of nitro benzene ring substituents is 1. The Balaban J connectivity index is 1.99. The molecule has 0 aliphatic carbocycles. The molecule has 0 aromatic heterocycles. The number of nitrogens with zero attached hydrogens (tertiary/aromatic N) is 1. The number of carbonyl (C=O) groups is 1. The predicted molar refractivity (Wildman–Crippen MR) is 124 cm³/mol. The van der Waals surface area contributed by atoms with Crippen LogP contribution in [0.2, 0.25) is 10.0 Å². The topological polar surface area (TPSA) is 136 Å². The quantitative estimate of drug-likeness (QED) is 0.286. The summed E-state index contributed by atoms with van der Waals surface area (Å²) in [6.07, 6.45) is 0. The maximum atomic E-state index is 12.9. The second-order valence-corrected chi connectivity index (χ2v) is 10.00. The molecule has 0 fully saturated rings. The number of carboxylic acid groups (broad SMARTS) is 1. The molecule has 0 radical (unpaired) electrons. The molecule has 0 amide bonds. The van der Waals surface area contributed by atoms with Crippen molar-refractivity contribution in [3.8, 4) is 5.75 Å². The third-order valence-corrected chi connectivity index (χ3v) is 7.41. The number of benzene rings is 3. The van der Waals surface area contributed by atoms with Crippen LogP contribution in [0.5, 0.6) is 5.75 Å². The summed E-state index contributed by atoms with van der Waals surface area (Å²) in [6, 6.07) is 11.8. The molecule has 3 aromatic rings. The van der Waals surface area contributed by atoms with Crippen LogP contribution >= 0.6 is 35.0 Å². The summed E-state index contributed by atoms with van der Waals surface area (Å²) in [5.41, 5.74) is -1.03. The highest BCUT2D eigenvalue weighted by Gasteiger charge is 2.24. The number of nitro groups is 1. The van der Waals surface area contributed by atoms with Crippen molar-refractivity contribution in [2.24, 2.45) is 0 Å². The van der Waals surface area contributed by atoms with Gasteiger partial charge in [-0.05, 0) is 42.5 Å². The van der Waals surface area contributed by atoms with Gasteiger partial charge in [0, 0.05) is 17.0 Å². The number of anilines is 1. The van der Waals surface area contributed by atoms with Gasteiger partial charge in [-0.1, -0.05) is 35.0 Å². The van der Waals surface area contributed by atoms with E-state index in [9.17, 15) is 28.4 Å². The van der Waals surface area contributed by atoms with Crippen molar-refractivity contribution < 1.29 is 28.0 Å². The van der Waals surface area contributed by atoms with Crippen LogP contribution in [0, 0.1) is 10.1 Å². The van der Waals surface area contributed by atoms with Gasteiger partial charge >= 0.3 is 5.97 Å². The maximum absolute atomic E-state index is 12.9. The molecule has 2 N–H and O–H groups in total. The summed E-state index contributed by atoms with van der Waals surface area (Å²) in [5.74, 6) is -1.15. The van der Waals surface area contributed by atoms with Gasteiger partial charge in [0.25, 0.3) is 15.7 Å². The molecule has 3 rings (SSSR count). The van der Waals surface area contributed by atoms with Gasteiger partial charge in [0.05, 0.1) is 43.1 Å². The smallest absolute Gasteiger partial charge is 0.337 e. The molecule has 13 heteroatoms. The molecule has 0 saturated heterocycles. The number of ether oxygens (including phenoxy) is 1. The normalized spacial score (nSPS) is 11.1. The summed E-state index contributed by atoms with van der Waals surface area (Å²) in [6.45, 7) is 0. The van der Waals surface area contributed by atoms with Crippen LogP contribution in [0.25, 0.3) is 0 Å². The second kappa shape index (κ2) is 9.87. The van der Waals surface area contributed by atoms with E-state index in [4.69, 9.17) is 27.9 Å². The first-order chi connectivity index (χ1) is 15.5. The molecule has 33 heavy (non-hydrogen) atoms. The number of sulfonamides is 1. The van der Waals surface area contributed by atoms with E-state index >= 15 is 0 Å². The van der Waals surface area contributed by atoms with Crippen molar-refractivity contribution in [1.82, 2.24) is 0 Å². The van der Waals surface area contributed by atoms with Gasteiger partial charge in [-0.15, -0.1) is 0 Å². The standard InChI is InChI=1S/C20H14Cl2N2O7S2/c1-31-11-2-5-14(20(25)26)17(8-11)23-33(29,30)13-4-7-19(18(10-13)24(27)28)32-12-3-6-15(21)16(22)9-12/h2-10,23H,1H3,(H,25,26). The Labute approximate surface area is 202 Å². The zero-order valence-corrected chi connectivity index (χ0v) is 19.8. The number of halogens is 2. The predicted octanol–water partition coefficient (Wildman–Crippen LogP) is 5.56. The van der Waals surface area contributed by atoms with Gasteiger partial charge < -0.3 is 9.84 Å². The van der Waals surface area contributed by atoms with Crippen molar-refractivity contribution in [3.05, 3.63) is 80.3 Å². The number of methoxy groups -OCH3 is 1. The Bertz CT molecular complexity index is 1360. The average Bonchev–Trinajstić information content (AvgIpc) is 2.75. The molecule has 0 aliphatic rings. The lowest BCUT2D eigenvalue weighted by atomic mass is 10.2. The Morgan fingerprint density at radius 1 is 1.09 bits per heavy atom. The van der Waals surface area contributed by atoms with Crippen LogP contribution in [-0.4, -0.2) is 31.5 Å². The average molecular weight is 529 g/mol. The number of nitrogens with one attached hydrogen (secondary N) is 1. The molecule has 0 heterocycles. The molecule has 0 saturated carbocycles. The summed E-state index contributed by atoms with van der Waals surface area (Å²) >= 11 is 12.9. The van der Waals surface area contributed by atoms with Crippen molar-refractivity contribution in [1.29, 1.82) is 0 Å². The highest BCUT2D eigenvalue weighted by molar-refractivity contribution is 7.99. The lowest BCUT2D eigenvalue weighted by Crippen LogP contribution is -2.16. The lowest BCUT2D eigenvalue weighted by molar-refractivity contribution is -0.388. The van der Waals surface area contributed by atoms with Crippen LogP contribution in [0.15, 0.2) is 69.3 Å². The SMILES string of the molecule is COc1ccc(C(=O)O)c(NS(=O)(=O)c2ccc(Sc3ccc(Cl)c(Cl)c3)c([N+](=O)[O-])c2)c1. The molecule has 0 atom stereocenters. The van der Waals surface area contributed by atoms with Crippen LogP contribution in [-0.2, 0) is 10.0 Å². The van der Waals surface area contributed by atoms with Crippen LogP contribution in [0.1, 0.15) is 10.4 Å². The molecule has 0 spiro atoms. The Hall–Kier alpha value is -2.99. The molecular weight excluding hydrogens is 515 g/mol. The summed E-state index contributed by atoms with van der Waals surface area (Å²) in [7, 11) is -3.04. The van der Waals surface area contributed by atoms with Crippen molar-refractivity contribution >= 4 is 62.3 Å². The van der Waals surface area contributed by atoms with E-state index in [-0.39, 0.29) is 26.9 Å². The first-order valence-electron chi connectivity index (χ1n) is 8.87. The van der Waals surface area contributed by atoms with Gasteiger partial charge in [0.15, 0.2) is 0 Å².